The number of amides is 1. The SMILES string of the molecule is CCc1nc2cnc(Oc3cccc(C(=O)N(C)C)c3)nc2n1CC. The van der Waals surface area contributed by atoms with E-state index in [0.717, 1.165) is 30.0 Å². The largest absolute Gasteiger partial charge is 0.424 e. The first-order valence-corrected chi connectivity index (χ1v) is 8.25. The van der Waals surface area contributed by atoms with Gasteiger partial charge in [-0.05, 0) is 25.1 Å². The van der Waals surface area contributed by atoms with Crippen molar-refractivity contribution < 1.29 is 9.53 Å². The van der Waals surface area contributed by atoms with Crippen LogP contribution in [0.5, 0.6) is 11.8 Å². The van der Waals surface area contributed by atoms with Crippen molar-refractivity contribution in [1.82, 2.24) is 24.4 Å². The third-order valence-corrected chi connectivity index (χ3v) is 3.87. The van der Waals surface area contributed by atoms with Crippen LogP contribution in [0.25, 0.3) is 11.2 Å². The maximum atomic E-state index is 12.1. The van der Waals surface area contributed by atoms with Gasteiger partial charge in [0.2, 0.25) is 0 Å². The molecule has 7 heteroatoms. The van der Waals surface area contributed by atoms with Gasteiger partial charge >= 0.3 is 6.01 Å². The van der Waals surface area contributed by atoms with E-state index in [1.165, 1.54) is 4.90 Å². The average Bonchev–Trinajstić information content (AvgIpc) is 2.98. The number of hydrogen-bond donors (Lipinski definition) is 0. The fourth-order valence-electron chi connectivity index (χ4n) is 2.66. The zero-order valence-electron chi connectivity index (χ0n) is 14.9. The molecule has 130 valence electrons. The molecule has 0 aliphatic carbocycles. The van der Waals surface area contributed by atoms with Crippen LogP contribution in [0.3, 0.4) is 0 Å². The van der Waals surface area contributed by atoms with Gasteiger partial charge in [0.25, 0.3) is 5.91 Å². The molecule has 3 rings (SSSR count). The van der Waals surface area contributed by atoms with E-state index >= 15 is 0 Å². The molecular formula is C18H21N5O2. The normalized spacial score (nSPS) is 10.9. The van der Waals surface area contributed by atoms with Gasteiger partial charge < -0.3 is 14.2 Å². The first kappa shape index (κ1) is 16.9. The molecule has 0 fully saturated rings. The van der Waals surface area contributed by atoms with Crippen molar-refractivity contribution in [2.45, 2.75) is 26.8 Å². The van der Waals surface area contributed by atoms with Crippen molar-refractivity contribution in [2.24, 2.45) is 0 Å². The lowest BCUT2D eigenvalue weighted by Crippen LogP contribution is -2.21. The van der Waals surface area contributed by atoms with E-state index in [-0.39, 0.29) is 11.9 Å². The maximum Gasteiger partial charge on any atom is 0.324 e. The molecule has 0 saturated carbocycles. The Bertz CT molecular complexity index is 917. The lowest BCUT2D eigenvalue weighted by Gasteiger charge is -2.11. The van der Waals surface area contributed by atoms with Gasteiger partial charge in [0.05, 0.1) is 6.20 Å². The van der Waals surface area contributed by atoms with Crippen molar-refractivity contribution in [3.05, 3.63) is 41.9 Å². The Morgan fingerprint density at radius 2 is 2.04 bits per heavy atom. The van der Waals surface area contributed by atoms with Crippen molar-refractivity contribution in [3.8, 4) is 11.8 Å². The zero-order valence-corrected chi connectivity index (χ0v) is 14.9. The number of fused-ring (bicyclic) bond motifs is 1. The molecule has 2 heterocycles. The second-order valence-corrected chi connectivity index (χ2v) is 5.82. The molecule has 1 aromatic carbocycles. The summed E-state index contributed by atoms with van der Waals surface area (Å²) in [6.07, 6.45) is 2.49. The number of aromatic nitrogens is 4. The van der Waals surface area contributed by atoms with Gasteiger partial charge in [0.1, 0.15) is 17.1 Å². The lowest BCUT2D eigenvalue weighted by molar-refractivity contribution is 0.0827. The Labute approximate surface area is 146 Å². The third kappa shape index (κ3) is 3.31. The van der Waals surface area contributed by atoms with Crippen LogP contribution in [-0.4, -0.2) is 44.4 Å². The number of hydrogen-bond acceptors (Lipinski definition) is 5. The second kappa shape index (κ2) is 6.88. The minimum atomic E-state index is -0.0848. The number of carbonyl (C=O) groups is 1. The summed E-state index contributed by atoms with van der Waals surface area (Å²) in [6.45, 7) is 4.90. The molecule has 0 atom stereocenters. The Morgan fingerprint density at radius 1 is 1.24 bits per heavy atom. The van der Waals surface area contributed by atoms with Crippen LogP contribution in [0.1, 0.15) is 30.0 Å². The number of benzene rings is 1. The minimum absolute atomic E-state index is 0.0848. The Hall–Kier alpha value is -2.96. The summed E-state index contributed by atoms with van der Waals surface area (Å²) in [5, 5.41) is 0. The van der Waals surface area contributed by atoms with Crippen molar-refractivity contribution >= 4 is 17.1 Å². The molecule has 25 heavy (non-hydrogen) atoms. The summed E-state index contributed by atoms with van der Waals surface area (Å²) in [5.41, 5.74) is 2.06. The third-order valence-electron chi connectivity index (χ3n) is 3.87. The van der Waals surface area contributed by atoms with E-state index in [4.69, 9.17) is 4.74 Å². The van der Waals surface area contributed by atoms with Crippen LogP contribution >= 0.6 is 0 Å². The van der Waals surface area contributed by atoms with E-state index in [2.05, 4.69) is 33.4 Å². The molecule has 1 amide bonds. The summed E-state index contributed by atoms with van der Waals surface area (Å²) in [5.74, 6) is 1.41. The van der Waals surface area contributed by atoms with Crippen LogP contribution in [0.15, 0.2) is 30.5 Å². The van der Waals surface area contributed by atoms with Crippen LogP contribution in [0.4, 0.5) is 0 Å². The molecule has 0 saturated heterocycles. The highest BCUT2D eigenvalue weighted by Gasteiger charge is 2.13. The number of nitrogens with zero attached hydrogens (tertiary/aromatic N) is 5. The molecular weight excluding hydrogens is 318 g/mol. The van der Waals surface area contributed by atoms with Crippen LogP contribution in [-0.2, 0) is 13.0 Å². The van der Waals surface area contributed by atoms with Crippen molar-refractivity contribution in [2.75, 3.05) is 14.1 Å². The molecule has 0 aliphatic rings. The van der Waals surface area contributed by atoms with Crippen LogP contribution < -0.4 is 4.74 Å². The molecule has 3 aromatic rings. The molecule has 0 spiro atoms. The highest BCUT2D eigenvalue weighted by Crippen LogP contribution is 2.22. The summed E-state index contributed by atoms with van der Waals surface area (Å²) >= 11 is 0. The predicted molar refractivity (Wildman–Crippen MR) is 94.9 cm³/mol. The first-order chi connectivity index (χ1) is 12.0. The fraction of sp³-hybridized carbons (Fsp3) is 0.333. The zero-order chi connectivity index (χ0) is 18.0. The summed E-state index contributed by atoms with van der Waals surface area (Å²) in [7, 11) is 3.42. The van der Waals surface area contributed by atoms with Crippen LogP contribution in [0, 0.1) is 0 Å². The average molecular weight is 339 g/mol. The molecule has 7 nitrogen and oxygen atoms in total. The van der Waals surface area contributed by atoms with E-state index < -0.39 is 0 Å². The number of imidazole rings is 1. The second-order valence-electron chi connectivity index (χ2n) is 5.82. The van der Waals surface area contributed by atoms with Gasteiger partial charge in [-0.3, -0.25) is 4.79 Å². The topological polar surface area (TPSA) is 73.1 Å². The molecule has 2 aromatic heterocycles. The Kier molecular flexibility index (Phi) is 4.65. The Morgan fingerprint density at radius 3 is 2.72 bits per heavy atom. The summed E-state index contributed by atoms with van der Waals surface area (Å²) in [6, 6.07) is 7.22. The number of rotatable bonds is 5. The van der Waals surface area contributed by atoms with Gasteiger partial charge in [0, 0.05) is 32.6 Å². The lowest BCUT2D eigenvalue weighted by atomic mass is 10.2. The predicted octanol–water partition coefficient (Wildman–Crippen LogP) is 2.90. The standard InChI is InChI=1S/C18H21N5O2/c1-5-15-20-14-11-19-18(21-16(14)23(15)6-2)25-13-9-7-8-12(10-13)17(24)22(3)4/h7-11H,5-6H2,1-4H3. The first-order valence-electron chi connectivity index (χ1n) is 8.25. The molecule has 0 bridgehead atoms. The highest BCUT2D eigenvalue weighted by atomic mass is 16.5. The quantitative estimate of drug-likeness (QED) is 0.714. The van der Waals surface area contributed by atoms with Crippen molar-refractivity contribution in [1.29, 1.82) is 0 Å². The molecule has 0 unspecified atom stereocenters. The van der Waals surface area contributed by atoms with E-state index in [9.17, 15) is 4.79 Å². The fourth-order valence-corrected chi connectivity index (χ4v) is 2.66. The number of carbonyl (C=O) groups excluding carboxylic acids is 1. The van der Waals surface area contributed by atoms with Gasteiger partial charge in [-0.25, -0.2) is 9.97 Å². The Balaban J connectivity index is 1.93. The monoisotopic (exact) mass is 339 g/mol. The van der Waals surface area contributed by atoms with E-state index in [0.29, 0.717) is 11.3 Å². The maximum absolute atomic E-state index is 12.1. The van der Waals surface area contributed by atoms with E-state index in [1.807, 2.05) is 0 Å². The number of aryl methyl sites for hydroxylation is 2. The number of ether oxygens (including phenoxy) is 1. The van der Waals surface area contributed by atoms with Crippen LogP contribution in [0.2, 0.25) is 0 Å². The molecule has 0 N–H and O–H groups in total. The van der Waals surface area contributed by atoms with Gasteiger partial charge in [-0.2, -0.15) is 4.98 Å². The van der Waals surface area contributed by atoms with Gasteiger partial charge in [0.15, 0.2) is 5.65 Å². The van der Waals surface area contributed by atoms with Crippen molar-refractivity contribution in [3.63, 3.8) is 0 Å². The smallest absolute Gasteiger partial charge is 0.324 e. The van der Waals surface area contributed by atoms with Gasteiger partial charge in [-0.15, -0.1) is 0 Å². The molecule has 0 radical (unpaired) electrons. The minimum Gasteiger partial charge on any atom is -0.424 e. The van der Waals surface area contributed by atoms with Gasteiger partial charge in [-0.1, -0.05) is 13.0 Å². The molecule has 0 aliphatic heterocycles. The summed E-state index contributed by atoms with van der Waals surface area (Å²) < 4.78 is 7.82. The summed E-state index contributed by atoms with van der Waals surface area (Å²) in [4.78, 5) is 26.9. The van der Waals surface area contributed by atoms with E-state index in [1.54, 1.807) is 44.6 Å². The highest BCUT2D eigenvalue weighted by molar-refractivity contribution is 5.94.